The molecule has 0 saturated heterocycles. The molecule has 0 heterocycles. The molecule has 0 fully saturated rings. The van der Waals surface area contributed by atoms with Crippen molar-refractivity contribution >= 4 is 29.3 Å². The maximum Gasteiger partial charge on any atom is 0.266 e. The average molecular weight is 456 g/mol. The normalized spacial score (nSPS) is 10.7. The Morgan fingerprint density at radius 3 is 2.38 bits per heavy atom. The molecule has 7 heteroatoms. The number of rotatable bonds is 9. The predicted octanol–water partition coefficient (Wildman–Crippen LogP) is 4.96. The van der Waals surface area contributed by atoms with Crippen LogP contribution < -0.4 is 20.1 Å². The number of ether oxygens (including phenoxy) is 2. The summed E-state index contributed by atoms with van der Waals surface area (Å²) >= 11 is 0. The molecule has 172 valence electrons. The molecule has 0 aliphatic heterocycles. The Bertz CT molecular complexity index is 1230. The summed E-state index contributed by atoms with van der Waals surface area (Å²) in [7, 11) is 0. The Balaban J connectivity index is 1.72. The van der Waals surface area contributed by atoms with Crippen LogP contribution in [0.25, 0.3) is 6.08 Å². The van der Waals surface area contributed by atoms with Crippen molar-refractivity contribution in [3.8, 4) is 17.6 Å². The van der Waals surface area contributed by atoms with Crippen LogP contribution in [0.15, 0.2) is 78.4 Å². The van der Waals surface area contributed by atoms with E-state index in [1.807, 2.05) is 56.3 Å². The van der Waals surface area contributed by atoms with Crippen molar-refractivity contribution in [3.63, 3.8) is 0 Å². The van der Waals surface area contributed by atoms with Gasteiger partial charge in [-0.1, -0.05) is 42.5 Å². The number of aryl methyl sites for hydroxylation is 1. The van der Waals surface area contributed by atoms with Gasteiger partial charge in [-0.25, -0.2) is 0 Å². The zero-order chi connectivity index (χ0) is 24.3. The quantitative estimate of drug-likeness (QED) is 0.351. The van der Waals surface area contributed by atoms with Crippen LogP contribution in [0.3, 0.4) is 0 Å². The second-order valence-corrected chi connectivity index (χ2v) is 7.28. The van der Waals surface area contributed by atoms with Crippen LogP contribution in [-0.2, 0) is 9.59 Å². The van der Waals surface area contributed by atoms with Crippen molar-refractivity contribution in [1.29, 1.82) is 5.26 Å². The summed E-state index contributed by atoms with van der Waals surface area (Å²) in [4.78, 5) is 24.8. The molecule has 0 aliphatic rings. The van der Waals surface area contributed by atoms with E-state index >= 15 is 0 Å². The summed E-state index contributed by atoms with van der Waals surface area (Å²) in [5.41, 5.74) is 2.74. The molecule has 3 aromatic carbocycles. The lowest BCUT2D eigenvalue weighted by Gasteiger charge is -2.13. The van der Waals surface area contributed by atoms with Gasteiger partial charge in [-0.15, -0.1) is 0 Å². The lowest BCUT2D eigenvalue weighted by Crippen LogP contribution is -2.20. The molecule has 3 rings (SSSR count). The highest BCUT2D eigenvalue weighted by molar-refractivity contribution is 6.10. The van der Waals surface area contributed by atoms with E-state index in [-0.39, 0.29) is 18.1 Å². The minimum Gasteiger partial charge on any atom is -0.490 e. The largest absolute Gasteiger partial charge is 0.490 e. The van der Waals surface area contributed by atoms with Crippen molar-refractivity contribution in [2.45, 2.75) is 13.8 Å². The minimum atomic E-state index is -0.507. The molecule has 0 aromatic heterocycles. The smallest absolute Gasteiger partial charge is 0.266 e. The van der Waals surface area contributed by atoms with E-state index in [1.54, 1.807) is 36.4 Å². The number of carbonyl (C=O) groups is 2. The van der Waals surface area contributed by atoms with E-state index in [9.17, 15) is 14.9 Å². The average Bonchev–Trinajstić information content (AvgIpc) is 2.84. The molecule has 0 atom stereocenters. The minimum absolute atomic E-state index is 0.0541. The number of amides is 2. The van der Waals surface area contributed by atoms with Crippen molar-refractivity contribution in [2.24, 2.45) is 0 Å². The number of nitriles is 1. The fourth-order valence-corrected chi connectivity index (χ4v) is 3.08. The molecule has 0 aliphatic carbocycles. The molecule has 0 saturated carbocycles. The van der Waals surface area contributed by atoms with E-state index in [4.69, 9.17) is 9.47 Å². The van der Waals surface area contributed by atoms with Crippen molar-refractivity contribution in [3.05, 3.63) is 89.5 Å². The summed E-state index contributed by atoms with van der Waals surface area (Å²) in [6, 6.07) is 23.3. The van der Waals surface area contributed by atoms with Gasteiger partial charge >= 0.3 is 0 Å². The van der Waals surface area contributed by atoms with Gasteiger partial charge in [-0.2, -0.15) is 5.26 Å². The van der Waals surface area contributed by atoms with Crippen LogP contribution in [0.4, 0.5) is 11.4 Å². The number of nitrogens with one attached hydrogen (secondary N) is 2. The van der Waals surface area contributed by atoms with E-state index in [0.717, 1.165) is 5.56 Å². The van der Waals surface area contributed by atoms with E-state index in [2.05, 4.69) is 10.6 Å². The Morgan fingerprint density at radius 1 is 0.941 bits per heavy atom. The Kier molecular flexibility index (Phi) is 8.42. The van der Waals surface area contributed by atoms with Gasteiger partial charge in [0.25, 0.3) is 11.8 Å². The third-order valence-electron chi connectivity index (χ3n) is 4.75. The maximum atomic E-state index is 12.6. The number of hydrogen-bond donors (Lipinski definition) is 2. The van der Waals surface area contributed by atoms with Gasteiger partial charge in [0.05, 0.1) is 6.61 Å². The van der Waals surface area contributed by atoms with Gasteiger partial charge in [-0.05, 0) is 61.4 Å². The molecule has 0 unspecified atom stereocenters. The van der Waals surface area contributed by atoms with Crippen LogP contribution in [0, 0.1) is 18.3 Å². The van der Waals surface area contributed by atoms with Gasteiger partial charge in [0.15, 0.2) is 18.1 Å². The van der Waals surface area contributed by atoms with E-state index < -0.39 is 5.91 Å². The topological polar surface area (TPSA) is 100 Å². The van der Waals surface area contributed by atoms with Gasteiger partial charge in [0.1, 0.15) is 11.6 Å². The Hall–Kier alpha value is -4.57. The predicted molar refractivity (Wildman–Crippen MR) is 132 cm³/mol. The summed E-state index contributed by atoms with van der Waals surface area (Å²) in [6.07, 6.45) is 1.47. The third kappa shape index (κ3) is 6.71. The zero-order valence-corrected chi connectivity index (χ0v) is 19.0. The van der Waals surface area contributed by atoms with Gasteiger partial charge < -0.3 is 20.1 Å². The highest BCUT2D eigenvalue weighted by Gasteiger charge is 2.13. The summed E-state index contributed by atoms with van der Waals surface area (Å²) < 4.78 is 11.3. The van der Waals surface area contributed by atoms with Crippen LogP contribution >= 0.6 is 0 Å². The molecule has 7 nitrogen and oxygen atoms in total. The third-order valence-corrected chi connectivity index (χ3v) is 4.75. The van der Waals surface area contributed by atoms with Gasteiger partial charge in [-0.3, -0.25) is 9.59 Å². The van der Waals surface area contributed by atoms with Crippen LogP contribution in [0.5, 0.6) is 11.5 Å². The Labute approximate surface area is 198 Å². The van der Waals surface area contributed by atoms with Crippen molar-refractivity contribution in [2.75, 3.05) is 23.8 Å². The van der Waals surface area contributed by atoms with E-state index in [1.165, 1.54) is 6.08 Å². The highest BCUT2D eigenvalue weighted by Crippen LogP contribution is 2.29. The first-order valence-electron chi connectivity index (χ1n) is 10.7. The summed E-state index contributed by atoms with van der Waals surface area (Å²) in [5, 5.41) is 15.0. The molecule has 0 radical (unpaired) electrons. The fraction of sp³-hybridized carbons (Fsp3) is 0.148. The zero-order valence-electron chi connectivity index (χ0n) is 19.0. The number of hydrogen-bond acceptors (Lipinski definition) is 5. The second-order valence-electron chi connectivity index (χ2n) is 7.28. The lowest BCUT2D eigenvalue weighted by molar-refractivity contribution is -0.118. The van der Waals surface area contributed by atoms with Crippen molar-refractivity contribution in [1.82, 2.24) is 0 Å². The molecular weight excluding hydrogens is 430 g/mol. The van der Waals surface area contributed by atoms with Crippen LogP contribution in [0.2, 0.25) is 0 Å². The molecular formula is C27H25N3O4. The molecule has 2 amide bonds. The number of carbonyl (C=O) groups excluding carboxylic acids is 2. The number of anilines is 2. The molecule has 0 bridgehead atoms. The van der Waals surface area contributed by atoms with Crippen molar-refractivity contribution < 1.29 is 19.1 Å². The highest BCUT2D eigenvalue weighted by atomic mass is 16.5. The number of para-hydroxylation sites is 2. The Morgan fingerprint density at radius 2 is 1.68 bits per heavy atom. The van der Waals surface area contributed by atoms with Gasteiger partial charge in [0.2, 0.25) is 0 Å². The standard InChI is InChI=1S/C27H25N3O4/c1-3-33-25-16-20(15-21(17-28)27(32)30-23-12-8-7-9-19(23)2)13-14-24(25)34-18-26(31)29-22-10-5-4-6-11-22/h4-16H,3,18H2,1-2H3,(H,29,31)(H,30,32)/b21-15+. The van der Waals surface area contributed by atoms with Gasteiger partial charge in [0, 0.05) is 11.4 Å². The number of benzene rings is 3. The van der Waals surface area contributed by atoms with Crippen LogP contribution in [-0.4, -0.2) is 25.0 Å². The monoisotopic (exact) mass is 455 g/mol. The maximum absolute atomic E-state index is 12.6. The van der Waals surface area contributed by atoms with E-state index in [0.29, 0.717) is 35.0 Å². The molecule has 2 N–H and O–H groups in total. The first kappa shape index (κ1) is 24.1. The number of nitrogens with zero attached hydrogens (tertiary/aromatic N) is 1. The first-order valence-corrected chi connectivity index (χ1v) is 10.7. The first-order chi connectivity index (χ1) is 16.5. The second kappa shape index (κ2) is 11.9. The van der Waals surface area contributed by atoms with Crippen LogP contribution in [0.1, 0.15) is 18.1 Å². The SMILES string of the molecule is CCOc1cc(/C=C(\C#N)C(=O)Nc2ccccc2C)ccc1OCC(=O)Nc1ccccc1. The lowest BCUT2D eigenvalue weighted by atomic mass is 10.1. The fourth-order valence-electron chi connectivity index (χ4n) is 3.08. The molecule has 0 spiro atoms. The molecule has 34 heavy (non-hydrogen) atoms. The molecule has 3 aromatic rings. The summed E-state index contributed by atoms with van der Waals surface area (Å²) in [5.74, 6) is -0.0321. The summed E-state index contributed by atoms with van der Waals surface area (Å²) in [6.45, 7) is 3.87.